The minimum Gasteiger partial charge on any atom is -0.481 e. The van der Waals surface area contributed by atoms with Gasteiger partial charge in [0.1, 0.15) is 11.7 Å². The second kappa shape index (κ2) is 5.73. The van der Waals surface area contributed by atoms with Gasteiger partial charge >= 0.3 is 5.97 Å². The maximum absolute atomic E-state index is 11.2. The van der Waals surface area contributed by atoms with Crippen molar-refractivity contribution < 1.29 is 14.7 Å². The minimum atomic E-state index is -1.02. The van der Waals surface area contributed by atoms with Crippen LogP contribution < -0.4 is 0 Å². The van der Waals surface area contributed by atoms with E-state index in [1.807, 2.05) is 0 Å². The number of Topliss-reactive ketones (excluding diaryl/α,β-unsaturated/α-hetero) is 1. The quantitative estimate of drug-likeness (QED) is 0.646. The van der Waals surface area contributed by atoms with Crippen molar-refractivity contribution in [1.29, 1.82) is 0 Å². The van der Waals surface area contributed by atoms with Gasteiger partial charge in [0.05, 0.1) is 0 Å². The first kappa shape index (κ1) is 12.1. The van der Waals surface area contributed by atoms with Gasteiger partial charge in [-0.2, -0.15) is 0 Å². The number of ketones is 1. The number of rotatable bonds is 6. The van der Waals surface area contributed by atoms with Gasteiger partial charge in [-0.05, 0) is 19.3 Å². The van der Waals surface area contributed by atoms with Crippen LogP contribution in [0.5, 0.6) is 0 Å². The lowest BCUT2D eigenvalue weighted by atomic mass is 9.96. The van der Waals surface area contributed by atoms with Crippen molar-refractivity contribution in [1.82, 2.24) is 0 Å². The average molecular weight is 186 g/mol. The second-order valence-corrected chi connectivity index (χ2v) is 3.58. The first-order valence-electron chi connectivity index (χ1n) is 4.74. The molecule has 0 aliphatic carbocycles. The highest BCUT2D eigenvalue weighted by Gasteiger charge is 2.20. The van der Waals surface area contributed by atoms with E-state index in [2.05, 4.69) is 13.8 Å². The van der Waals surface area contributed by atoms with E-state index >= 15 is 0 Å². The Morgan fingerprint density at radius 1 is 1.31 bits per heavy atom. The summed E-state index contributed by atoms with van der Waals surface area (Å²) in [5.74, 6) is -1.52. The number of hydrogen-bond donors (Lipinski definition) is 1. The molecule has 2 atom stereocenters. The number of carbonyl (C=O) groups is 2. The molecule has 0 rings (SSSR count). The number of aliphatic carboxylic acids is 1. The van der Waals surface area contributed by atoms with Gasteiger partial charge in [-0.3, -0.25) is 9.59 Å². The van der Waals surface area contributed by atoms with E-state index in [1.165, 1.54) is 6.92 Å². The van der Waals surface area contributed by atoms with Crippen LogP contribution in [0.1, 0.15) is 40.0 Å². The Labute approximate surface area is 79.1 Å². The molecule has 0 unspecified atom stereocenters. The molecule has 0 fully saturated rings. The monoisotopic (exact) mass is 186 g/mol. The molecule has 0 aromatic rings. The molecule has 3 heteroatoms. The fourth-order valence-corrected chi connectivity index (χ4v) is 0.947. The van der Waals surface area contributed by atoms with E-state index in [0.717, 1.165) is 12.8 Å². The van der Waals surface area contributed by atoms with Crippen LogP contribution in [0.25, 0.3) is 0 Å². The van der Waals surface area contributed by atoms with E-state index in [0.29, 0.717) is 12.3 Å². The van der Waals surface area contributed by atoms with Crippen molar-refractivity contribution in [2.45, 2.75) is 40.0 Å². The minimum absolute atomic E-state index is 0.159. The Morgan fingerprint density at radius 3 is 2.23 bits per heavy atom. The zero-order valence-electron chi connectivity index (χ0n) is 8.54. The third kappa shape index (κ3) is 4.65. The molecule has 0 aromatic heterocycles. The Morgan fingerprint density at radius 2 is 1.85 bits per heavy atom. The molecule has 13 heavy (non-hydrogen) atoms. The van der Waals surface area contributed by atoms with Gasteiger partial charge in [0.15, 0.2) is 0 Å². The van der Waals surface area contributed by atoms with Crippen molar-refractivity contribution in [3.63, 3.8) is 0 Å². The molecule has 0 amide bonds. The molecule has 0 aromatic carbocycles. The van der Waals surface area contributed by atoms with Crippen LogP contribution in [0, 0.1) is 11.8 Å². The molecular weight excluding hydrogens is 168 g/mol. The summed E-state index contributed by atoms with van der Waals surface area (Å²) in [6, 6.07) is 0. The predicted molar refractivity (Wildman–Crippen MR) is 50.5 cm³/mol. The first-order chi connectivity index (χ1) is 5.99. The van der Waals surface area contributed by atoms with E-state index in [4.69, 9.17) is 5.11 Å². The molecule has 0 aliphatic rings. The van der Waals surface area contributed by atoms with Gasteiger partial charge < -0.3 is 5.11 Å². The van der Waals surface area contributed by atoms with Gasteiger partial charge in [-0.1, -0.05) is 20.3 Å². The molecule has 0 bridgehead atoms. The molecule has 0 aliphatic heterocycles. The van der Waals surface area contributed by atoms with Gasteiger partial charge in [-0.15, -0.1) is 0 Å². The van der Waals surface area contributed by atoms with Crippen molar-refractivity contribution in [2.75, 3.05) is 0 Å². The first-order valence-corrected chi connectivity index (χ1v) is 4.74. The Kier molecular flexibility index (Phi) is 5.35. The summed E-state index contributed by atoms with van der Waals surface area (Å²) < 4.78 is 0. The number of hydrogen-bond acceptors (Lipinski definition) is 2. The Hall–Kier alpha value is -0.860. The summed E-state index contributed by atoms with van der Waals surface area (Å²) in [7, 11) is 0. The number of carbonyl (C=O) groups excluding carboxylic acids is 1. The standard InChI is InChI=1S/C10H18O3/c1-4-7(2)5-6-9(11)8(3)10(12)13/h7-8H,4-6H2,1-3H3,(H,12,13)/t7-,8+/m1/s1. The normalized spacial score (nSPS) is 15.0. The summed E-state index contributed by atoms with van der Waals surface area (Å²) >= 11 is 0. The maximum atomic E-state index is 11.2. The molecule has 0 spiro atoms. The van der Waals surface area contributed by atoms with Gasteiger partial charge in [0, 0.05) is 6.42 Å². The largest absolute Gasteiger partial charge is 0.481 e. The third-order valence-electron chi connectivity index (χ3n) is 2.43. The van der Waals surface area contributed by atoms with Crippen LogP contribution in [0.15, 0.2) is 0 Å². The Balaban J connectivity index is 3.81. The SMILES string of the molecule is CC[C@@H](C)CCC(=O)[C@H](C)C(=O)O. The van der Waals surface area contributed by atoms with Crippen LogP contribution >= 0.6 is 0 Å². The highest BCUT2D eigenvalue weighted by atomic mass is 16.4. The fourth-order valence-electron chi connectivity index (χ4n) is 0.947. The summed E-state index contributed by atoms with van der Waals surface area (Å²) in [5.41, 5.74) is 0. The van der Waals surface area contributed by atoms with Crippen molar-refractivity contribution in [3.05, 3.63) is 0 Å². The lowest BCUT2D eigenvalue weighted by Crippen LogP contribution is -2.20. The van der Waals surface area contributed by atoms with E-state index in [-0.39, 0.29) is 5.78 Å². The molecular formula is C10H18O3. The van der Waals surface area contributed by atoms with Crippen LogP contribution in [0.2, 0.25) is 0 Å². The molecule has 0 saturated carbocycles. The topological polar surface area (TPSA) is 54.4 Å². The van der Waals surface area contributed by atoms with Crippen LogP contribution in [-0.4, -0.2) is 16.9 Å². The van der Waals surface area contributed by atoms with E-state index < -0.39 is 11.9 Å². The molecule has 0 radical (unpaired) electrons. The zero-order valence-corrected chi connectivity index (χ0v) is 8.54. The van der Waals surface area contributed by atoms with Gasteiger partial charge in [0.2, 0.25) is 0 Å². The molecule has 1 N–H and O–H groups in total. The molecule has 0 heterocycles. The van der Waals surface area contributed by atoms with Gasteiger partial charge in [0.25, 0.3) is 0 Å². The highest BCUT2D eigenvalue weighted by molar-refractivity contribution is 5.97. The van der Waals surface area contributed by atoms with Crippen LogP contribution in [-0.2, 0) is 9.59 Å². The summed E-state index contributed by atoms with van der Waals surface area (Å²) in [6.45, 7) is 5.58. The third-order valence-corrected chi connectivity index (χ3v) is 2.43. The summed E-state index contributed by atoms with van der Waals surface area (Å²) in [6.07, 6.45) is 2.23. The smallest absolute Gasteiger partial charge is 0.313 e. The maximum Gasteiger partial charge on any atom is 0.313 e. The molecule has 0 saturated heterocycles. The van der Waals surface area contributed by atoms with E-state index in [9.17, 15) is 9.59 Å². The second-order valence-electron chi connectivity index (χ2n) is 3.58. The lowest BCUT2D eigenvalue weighted by molar-refractivity contribution is -0.145. The predicted octanol–water partition coefficient (Wildman–Crippen LogP) is 2.10. The lowest BCUT2D eigenvalue weighted by Gasteiger charge is -2.08. The van der Waals surface area contributed by atoms with Crippen molar-refractivity contribution >= 4 is 11.8 Å². The Bertz CT molecular complexity index is 187. The van der Waals surface area contributed by atoms with Crippen LogP contribution in [0.3, 0.4) is 0 Å². The fraction of sp³-hybridized carbons (Fsp3) is 0.800. The molecule has 3 nitrogen and oxygen atoms in total. The highest BCUT2D eigenvalue weighted by Crippen LogP contribution is 2.12. The van der Waals surface area contributed by atoms with Crippen molar-refractivity contribution in [2.24, 2.45) is 11.8 Å². The number of carboxylic acid groups (broad SMARTS) is 1. The van der Waals surface area contributed by atoms with Gasteiger partial charge in [-0.25, -0.2) is 0 Å². The summed E-state index contributed by atoms with van der Waals surface area (Å²) in [5, 5.41) is 8.55. The van der Waals surface area contributed by atoms with Crippen molar-refractivity contribution in [3.8, 4) is 0 Å². The van der Waals surface area contributed by atoms with E-state index in [1.54, 1.807) is 0 Å². The average Bonchev–Trinajstić information content (AvgIpc) is 2.11. The van der Waals surface area contributed by atoms with Crippen LogP contribution in [0.4, 0.5) is 0 Å². The summed E-state index contributed by atoms with van der Waals surface area (Å²) in [4.78, 5) is 21.7. The number of carboxylic acids is 1. The zero-order chi connectivity index (χ0) is 10.4. The molecule has 76 valence electrons.